The van der Waals surface area contributed by atoms with Gasteiger partial charge in [-0.25, -0.2) is 0 Å². The lowest BCUT2D eigenvalue weighted by atomic mass is 9.87. The number of hydrogen-bond acceptors (Lipinski definition) is 4. The van der Waals surface area contributed by atoms with Gasteiger partial charge in [-0.1, -0.05) is 20.8 Å². The van der Waals surface area contributed by atoms with E-state index in [1.54, 1.807) is 25.3 Å². The predicted octanol–water partition coefficient (Wildman–Crippen LogP) is 2.02. The Morgan fingerprint density at radius 1 is 1.26 bits per heavy atom. The molecule has 0 saturated carbocycles. The van der Waals surface area contributed by atoms with Gasteiger partial charge in [-0.2, -0.15) is 0 Å². The Morgan fingerprint density at radius 2 is 1.89 bits per heavy atom. The molecule has 1 unspecified atom stereocenters. The lowest BCUT2D eigenvalue weighted by molar-refractivity contribution is -0.119. The van der Waals surface area contributed by atoms with E-state index in [1.807, 2.05) is 20.8 Å². The summed E-state index contributed by atoms with van der Waals surface area (Å²) < 4.78 is 10.3. The molecule has 0 heterocycles. The quantitative estimate of drug-likeness (QED) is 0.874. The maximum Gasteiger partial charge on any atom is 0.241 e. The van der Waals surface area contributed by atoms with Gasteiger partial charge in [-0.15, -0.1) is 0 Å². The topological polar surface area (TPSA) is 73.6 Å². The van der Waals surface area contributed by atoms with Crippen LogP contribution in [0.15, 0.2) is 18.2 Å². The van der Waals surface area contributed by atoms with Crippen LogP contribution in [0.3, 0.4) is 0 Å². The summed E-state index contributed by atoms with van der Waals surface area (Å²) in [5.74, 6) is 0.958. The molecule has 0 aliphatic heterocycles. The van der Waals surface area contributed by atoms with E-state index < -0.39 is 6.04 Å². The minimum Gasteiger partial charge on any atom is -0.497 e. The second-order valence-electron chi connectivity index (χ2n) is 5.40. The van der Waals surface area contributed by atoms with Crippen molar-refractivity contribution in [3.63, 3.8) is 0 Å². The van der Waals surface area contributed by atoms with Crippen molar-refractivity contribution in [2.75, 3.05) is 19.5 Å². The minimum absolute atomic E-state index is 0.240. The maximum absolute atomic E-state index is 12.1. The molecule has 0 aliphatic carbocycles. The summed E-state index contributed by atoms with van der Waals surface area (Å²) in [6, 6.07) is 4.59. The van der Waals surface area contributed by atoms with E-state index in [4.69, 9.17) is 15.2 Å². The molecule has 0 bridgehead atoms. The number of nitrogens with one attached hydrogen (secondary N) is 1. The van der Waals surface area contributed by atoms with Crippen molar-refractivity contribution in [2.45, 2.75) is 26.8 Å². The van der Waals surface area contributed by atoms with Crippen LogP contribution in [0.25, 0.3) is 0 Å². The van der Waals surface area contributed by atoms with Crippen LogP contribution >= 0.6 is 0 Å². The van der Waals surface area contributed by atoms with Crippen molar-refractivity contribution in [1.29, 1.82) is 0 Å². The third-order valence-corrected chi connectivity index (χ3v) is 2.88. The van der Waals surface area contributed by atoms with Crippen molar-refractivity contribution in [3.8, 4) is 11.5 Å². The van der Waals surface area contributed by atoms with Gasteiger partial charge in [0.2, 0.25) is 5.91 Å². The van der Waals surface area contributed by atoms with E-state index in [1.165, 1.54) is 7.11 Å². The molecule has 0 radical (unpaired) electrons. The predicted molar refractivity (Wildman–Crippen MR) is 75.6 cm³/mol. The summed E-state index contributed by atoms with van der Waals surface area (Å²) in [6.45, 7) is 5.76. The average Bonchev–Trinajstić information content (AvgIpc) is 2.37. The fourth-order valence-electron chi connectivity index (χ4n) is 1.51. The van der Waals surface area contributed by atoms with Gasteiger partial charge >= 0.3 is 0 Å². The van der Waals surface area contributed by atoms with Crippen LogP contribution in [0.1, 0.15) is 20.8 Å². The third kappa shape index (κ3) is 3.86. The first-order chi connectivity index (χ1) is 8.79. The lowest BCUT2D eigenvalue weighted by Gasteiger charge is -2.26. The number of carbonyl (C=O) groups is 1. The van der Waals surface area contributed by atoms with Gasteiger partial charge in [-0.3, -0.25) is 4.79 Å². The monoisotopic (exact) mass is 266 g/mol. The van der Waals surface area contributed by atoms with Crippen LogP contribution in [0.5, 0.6) is 11.5 Å². The normalized spacial score (nSPS) is 12.7. The van der Waals surface area contributed by atoms with Crippen molar-refractivity contribution < 1.29 is 14.3 Å². The van der Waals surface area contributed by atoms with E-state index in [0.717, 1.165) is 0 Å². The zero-order chi connectivity index (χ0) is 14.6. The largest absolute Gasteiger partial charge is 0.497 e. The van der Waals surface area contributed by atoms with Gasteiger partial charge in [-0.05, 0) is 17.5 Å². The molecule has 0 aromatic heterocycles. The fourth-order valence-corrected chi connectivity index (χ4v) is 1.51. The number of hydrogen-bond donors (Lipinski definition) is 2. The second-order valence-corrected chi connectivity index (χ2v) is 5.40. The Hall–Kier alpha value is -1.75. The second kappa shape index (κ2) is 5.93. The van der Waals surface area contributed by atoms with Crippen molar-refractivity contribution >= 4 is 11.6 Å². The average molecular weight is 266 g/mol. The van der Waals surface area contributed by atoms with E-state index >= 15 is 0 Å². The van der Waals surface area contributed by atoms with Gasteiger partial charge in [0.15, 0.2) is 0 Å². The van der Waals surface area contributed by atoms with Gasteiger partial charge in [0, 0.05) is 6.07 Å². The first kappa shape index (κ1) is 15.3. The summed E-state index contributed by atoms with van der Waals surface area (Å²) in [5.41, 5.74) is 6.19. The van der Waals surface area contributed by atoms with Crippen LogP contribution in [0, 0.1) is 5.41 Å². The highest BCUT2D eigenvalue weighted by Gasteiger charge is 2.27. The maximum atomic E-state index is 12.1. The molecule has 0 spiro atoms. The molecule has 1 rings (SSSR count). The van der Waals surface area contributed by atoms with Crippen molar-refractivity contribution in [2.24, 2.45) is 11.1 Å². The molecule has 106 valence electrons. The van der Waals surface area contributed by atoms with E-state index in [-0.39, 0.29) is 11.3 Å². The number of methoxy groups -OCH3 is 2. The van der Waals surface area contributed by atoms with E-state index in [0.29, 0.717) is 17.2 Å². The minimum atomic E-state index is -0.598. The molecule has 19 heavy (non-hydrogen) atoms. The zero-order valence-corrected chi connectivity index (χ0v) is 12.1. The SMILES string of the molecule is COc1ccc(NC(=O)C(N)C(C)(C)C)c(OC)c1. The number of carbonyl (C=O) groups excluding carboxylic acids is 1. The zero-order valence-electron chi connectivity index (χ0n) is 12.1. The summed E-state index contributed by atoms with van der Waals surface area (Å²) in [7, 11) is 3.11. The van der Waals surface area contributed by atoms with Gasteiger partial charge in [0.05, 0.1) is 25.9 Å². The standard InChI is InChI=1S/C14H22N2O3/c1-14(2,3)12(15)13(17)16-10-7-6-9(18-4)8-11(10)19-5/h6-8,12H,15H2,1-5H3,(H,16,17). The van der Waals surface area contributed by atoms with E-state index in [9.17, 15) is 4.79 Å². The number of rotatable bonds is 4. The Kier molecular flexibility index (Phi) is 4.78. The van der Waals surface area contributed by atoms with Crippen LogP contribution < -0.4 is 20.5 Å². The van der Waals surface area contributed by atoms with Gasteiger partial charge in [0.1, 0.15) is 11.5 Å². The molecular weight excluding hydrogens is 244 g/mol. The molecule has 1 aromatic carbocycles. The van der Waals surface area contributed by atoms with Gasteiger partial charge in [0.25, 0.3) is 0 Å². The summed E-state index contributed by atoms with van der Waals surface area (Å²) in [4.78, 5) is 12.1. The van der Waals surface area contributed by atoms with Crippen molar-refractivity contribution in [3.05, 3.63) is 18.2 Å². The Bertz CT molecular complexity index is 452. The van der Waals surface area contributed by atoms with Crippen LogP contribution in [-0.2, 0) is 4.79 Å². The number of benzene rings is 1. The van der Waals surface area contributed by atoms with Crippen LogP contribution in [0.4, 0.5) is 5.69 Å². The Labute approximate surface area is 114 Å². The lowest BCUT2D eigenvalue weighted by Crippen LogP contribution is -2.45. The molecule has 0 fully saturated rings. The highest BCUT2D eigenvalue weighted by Crippen LogP contribution is 2.29. The molecule has 0 saturated heterocycles. The molecule has 1 atom stereocenters. The first-order valence-corrected chi connectivity index (χ1v) is 6.08. The molecule has 3 N–H and O–H groups in total. The number of anilines is 1. The van der Waals surface area contributed by atoms with Gasteiger partial charge < -0.3 is 20.5 Å². The summed E-state index contributed by atoms with van der Waals surface area (Å²) in [6.07, 6.45) is 0. The molecule has 5 nitrogen and oxygen atoms in total. The molecule has 1 aromatic rings. The van der Waals surface area contributed by atoms with Crippen LogP contribution in [0.2, 0.25) is 0 Å². The molecule has 5 heteroatoms. The Morgan fingerprint density at radius 3 is 2.37 bits per heavy atom. The Balaban J connectivity index is 2.91. The molecule has 1 amide bonds. The van der Waals surface area contributed by atoms with Crippen LogP contribution in [-0.4, -0.2) is 26.2 Å². The highest BCUT2D eigenvalue weighted by molar-refractivity contribution is 5.96. The number of amides is 1. The molecule has 0 aliphatic rings. The summed E-state index contributed by atoms with van der Waals surface area (Å²) in [5, 5.41) is 2.77. The third-order valence-electron chi connectivity index (χ3n) is 2.88. The molecular formula is C14H22N2O3. The number of nitrogens with two attached hydrogens (primary N) is 1. The van der Waals surface area contributed by atoms with Crippen molar-refractivity contribution in [1.82, 2.24) is 0 Å². The fraction of sp³-hybridized carbons (Fsp3) is 0.500. The summed E-state index contributed by atoms with van der Waals surface area (Å²) >= 11 is 0. The number of ether oxygens (including phenoxy) is 2. The van der Waals surface area contributed by atoms with E-state index in [2.05, 4.69) is 5.32 Å². The smallest absolute Gasteiger partial charge is 0.241 e. The first-order valence-electron chi connectivity index (χ1n) is 6.08. The highest BCUT2D eigenvalue weighted by atomic mass is 16.5.